The molecule has 0 aromatic heterocycles. The molecule has 0 aliphatic rings. The van der Waals surface area contributed by atoms with Crippen LogP contribution < -0.4 is 42.5 Å². The highest BCUT2D eigenvalue weighted by atomic mass is 16.3. The summed E-state index contributed by atoms with van der Waals surface area (Å²) in [6, 6.07) is 72.4. The maximum atomic E-state index is 13.6. The summed E-state index contributed by atoms with van der Waals surface area (Å²) in [5.74, 6) is -0.430. The third-order valence-corrected chi connectivity index (χ3v) is 22.2. The lowest BCUT2D eigenvalue weighted by molar-refractivity contribution is -0.123. The van der Waals surface area contributed by atoms with Crippen LogP contribution in [0.3, 0.4) is 0 Å². The predicted molar refractivity (Wildman–Crippen MR) is 465 cm³/mol. The van der Waals surface area contributed by atoms with Crippen molar-refractivity contribution in [3.8, 4) is 0 Å². The molecule has 0 unspecified atom stereocenters. The fourth-order valence-electron chi connectivity index (χ4n) is 13.9. The molecule has 0 spiro atoms. The zero-order valence-electron chi connectivity index (χ0n) is 69.9. The third-order valence-electron chi connectivity index (χ3n) is 22.2. The number of carbonyl (C=O) groups excluding carboxylic acids is 4. The zero-order valence-corrected chi connectivity index (χ0v) is 69.9. The topological polar surface area (TPSA) is 265 Å². The standard InChI is InChI=1S/C94H132N14O8/c1-71(91(113)83-21-13-9-14-22-83)103(5)67-79-37-29-75(30-38-79)63-95-49-53-99-87(109)45-57-107(58-46-88(110)100-54-50-96-64-76-31-39-80(40-32-76)68-104(6)72(2)92(114)84-23-15-10-16-24-84)61-62-108(59-47-89(111)101-55-51-97-65-77-33-41-81(42-34-77)69-105(7)73(3)93(115)85-25-17-11-18-26-85)60-48-90(112)102-56-52-98-66-78-35-43-82(44-36-78)70-106(8)74(4)94(116)86-27-19-12-20-28-86/h9-44,71-74,91-98,113-116H,45-70H2,1-8H3,(H,99,109)(H,100,110)(H,101,111)(H,102,112)/t71-,72-,73-,74-,91-,92-,93-,94-/m0/s1. The smallest absolute Gasteiger partial charge is 0.221 e. The van der Waals surface area contributed by atoms with Gasteiger partial charge in [0.1, 0.15) is 0 Å². The van der Waals surface area contributed by atoms with Gasteiger partial charge >= 0.3 is 0 Å². The molecule has 0 aliphatic heterocycles. The highest BCUT2D eigenvalue weighted by molar-refractivity contribution is 5.77. The van der Waals surface area contributed by atoms with Crippen LogP contribution in [0.2, 0.25) is 0 Å². The summed E-state index contributed by atoms with van der Waals surface area (Å²) in [4.78, 5) is 67.2. The summed E-state index contributed by atoms with van der Waals surface area (Å²) in [6.07, 6.45) is -1.59. The minimum Gasteiger partial charge on any atom is -0.387 e. The Balaban J connectivity index is 0.818. The molecule has 0 fully saturated rings. The average molecular weight is 1590 g/mol. The molecule has 0 saturated heterocycles. The minimum atomic E-state index is -0.602. The molecule has 0 aliphatic carbocycles. The van der Waals surface area contributed by atoms with Crippen LogP contribution in [-0.2, 0) is 71.5 Å². The number of rotatable bonds is 55. The second-order valence-corrected chi connectivity index (χ2v) is 31.1. The highest BCUT2D eigenvalue weighted by Crippen LogP contribution is 2.26. The van der Waals surface area contributed by atoms with Crippen LogP contribution in [0, 0.1) is 0 Å². The molecule has 0 bridgehead atoms. The van der Waals surface area contributed by atoms with E-state index in [1.165, 1.54) is 0 Å². The summed E-state index contributed by atoms with van der Waals surface area (Å²) >= 11 is 0. The first-order valence-electron chi connectivity index (χ1n) is 41.5. The predicted octanol–water partition coefficient (Wildman–Crippen LogP) is 8.99. The summed E-state index contributed by atoms with van der Waals surface area (Å²) in [5.41, 5.74) is 12.6. The van der Waals surface area contributed by atoms with Gasteiger partial charge in [0.15, 0.2) is 0 Å². The molecule has 22 nitrogen and oxygen atoms in total. The number of benzene rings is 8. The van der Waals surface area contributed by atoms with Crippen LogP contribution in [0.5, 0.6) is 0 Å². The Bertz CT molecular complexity index is 3530. The maximum Gasteiger partial charge on any atom is 0.221 e. The second kappa shape index (κ2) is 51.3. The van der Waals surface area contributed by atoms with E-state index in [4.69, 9.17) is 0 Å². The van der Waals surface area contributed by atoms with Gasteiger partial charge in [-0.15, -0.1) is 0 Å². The van der Waals surface area contributed by atoms with E-state index >= 15 is 0 Å². The molecule has 0 radical (unpaired) electrons. The van der Waals surface area contributed by atoms with Gasteiger partial charge in [0, 0.05) is 194 Å². The number of nitrogens with one attached hydrogen (secondary N) is 8. The zero-order chi connectivity index (χ0) is 82.8. The molecule has 8 rings (SSSR count). The lowest BCUT2D eigenvalue weighted by Crippen LogP contribution is -2.42. The van der Waals surface area contributed by atoms with Gasteiger partial charge in [-0.25, -0.2) is 0 Å². The Morgan fingerprint density at radius 3 is 0.629 bits per heavy atom. The van der Waals surface area contributed by atoms with Crippen molar-refractivity contribution >= 4 is 23.6 Å². The van der Waals surface area contributed by atoms with Gasteiger partial charge in [0.2, 0.25) is 23.6 Å². The number of likely N-dealkylation sites (N-methyl/N-ethyl adjacent to an activating group) is 4. The van der Waals surface area contributed by atoms with Crippen LogP contribution in [-0.4, -0.2) is 217 Å². The number of aliphatic hydroxyl groups is 4. The van der Waals surface area contributed by atoms with Crippen molar-refractivity contribution in [1.82, 2.24) is 71.9 Å². The Kier molecular flexibility index (Phi) is 41.0. The van der Waals surface area contributed by atoms with Gasteiger partial charge in [-0.3, -0.25) is 38.8 Å². The van der Waals surface area contributed by atoms with Crippen molar-refractivity contribution < 1.29 is 39.6 Å². The van der Waals surface area contributed by atoms with Gasteiger partial charge in [-0.1, -0.05) is 218 Å². The molecule has 22 heteroatoms. The van der Waals surface area contributed by atoms with E-state index in [-0.39, 0.29) is 73.5 Å². The van der Waals surface area contributed by atoms with Gasteiger partial charge in [-0.2, -0.15) is 0 Å². The number of hydrogen-bond donors (Lipinski definition) is 12. The van der Waals surface area contributed by atoms with Crippen molar-refractivity contribution in [2.75, 3.05) is 120 Å². The molecule has 0 saturated carbocycles. The van der Waals surface area contributed by atoms with Crippen LogP contribution in [0.15, 0.2) is 218 Å². The first-order chi connectivity index (χ1) is 56.2. The quantitative estimate of drug-likeness (QED) is 0.0159. The molecule has 12 N–H and O–H groups in total. The van der Waals surface area contributed by atoms with Crippen LogP contribution in [0.1, 0.15) is 145 Å². The van der Waals surface area contributed by atoms with E-state index in [1.54, 1.807) is 0 Å². The number of hydrogen-bond acceptors (Lipinski definition) is 18. The van der Waals surface area contributed by atoms with Crippen molar-refractivity contribution in [2.24, 2.45) is 0 Å². The molecular formula is C94H132N14O8. The second-order valence-electron chi connectivity index (χ2n) is 31.1. The average Bonchev–Trinajstić information content (AvgIpc) is 0.870. The van der Waals surface area contributed by atoms with Crippen molar-refractivity contribution in [1.29, 1.82) is 0 Å². The third kappa shape index (κ3) is 33.6. The number of nitrogens with zero attached hydrogens (tertiary/aromatic N) is 6. The molecular weight excluding hydrogens is 1450 g/mol. The Morgan fingerprint density at radius 1 is 0.259 bits per heavy atom. The van der Waals surface area contributed by atoms with Crippen LogP contribution >= 0.6 is 0 Å². The normalized spacial score (nSPS) is 13.8. The lowest BCUT2D eigenvalue weighted by Gasteiger charge is -2.29. The van der Waals surface area contributed by atoms with E-state index in [0.717, 1.165) is 66.8 Å². The molecule has 8 aromatic carbocycles. The summed E-state index contributed by atoms with van der Waals surface area (Å²) in [5, 5.41) is 70.2. The molecule has 626 valence electrons. The number of amides is 4. The highest BCUT2D eigenvalue weighted by Gasteiger charge is 2.25. The fraction of sp³-hybridized carbons (Fsp3) is 0.447. The molecule has 8 atom stereocenters. The summed E-state index contributed by atoms with van der Waals surface area (Å²) < 4.78 is 0. The fourth-order valence-corrected chi connectivity index (χ4v) is 13.9. The van der Waals surface area contributed by atoms with Gasteiger partial charge in [-0.05, 0) is 123 Å². The van der Waals surface area contributed by atoms with E-state index < -0.39 is 24.4 Å². The molecule has 0 heterocycles. The van der Waals surface area contributed by atoms with Crippen molar-refractivity contribution in [3.05, 3.63) is 285 Å². The first kappa shape index (κ1) is 92.6. The number of carbonyl (C=O) groups is 4. The maximum absolute atomic E-state index is 13.6. The van der Waals surface area contributed by atoms with E-state index in [9.17, 15) is 39.6 Å². The summed E-state index contributed by atoms with van der Waals surface area (Å²) in [7, 11) is 8.10. The Hall–Kier alpha value is -8.92. The first-order valence-corrected chi connectivity index (χ1v) is 41.5. The lowest BCUT2D eigenvalue weighted by atomic mass is 10.0. The molecule has 8 aromatic rings. The summed E-state index contributed by atoms with van der Waals surface area (Å²) in [6.45, 7) is 19.9. The largest absolute Gasteiger partial charge is 0.387 e. The minimum absolute atomic E-state index is 0.0819. The van der Waals surface area contributed by atoms with Crippen molar-refractivity contribution in [3.63, 3.8) is 0 Å². The van der Waals surface area contributed by atoms with Crippen molar-refractivity contribution in [2.45, 2.75) is 154 Å². The van der Waals surface area contributed by atoms with Gasteiger partial charge < -0.3 is 72.8 Å². The molecule has 4 amide bonds. The van der Waals surface area contributed by atoms with Crippen LogP contribution in [0.4, 0.5) is 0 Å². The number of aliphatic hydroxyl groups excluding tert-OH is 4. The Labute approximate surface area is 690 Å². The van der Waals surface area contributed by atoms with Gasteiger partial charge in [0.25, 0.3) is 0 Å². The van der Waals surface area contributed by atoms with Crippen LogP contribution in [0.25, 0.3) is 0 Å². The van der Waals surface area contributed by atoms with E-state index in [1.807, 2.05) is 177 Å². The van der Waals surface area contributed by atoms with E-state index in [2.05, 4.69) is 169 Å². The SMILES string of the molecule is C[C@@H]([C@H](O)c1ccccc1)N(C)Cc1ccc(CNCCNC(=O)CCN(CCC(=O)NCCNCc2ccc(CN(C)[C@@H](C)[C@H](O)c3ccccc3)cc2)CCN(CCC(=O)NCCNCc2ccc(CN(C)[C@@H](C)[C@H](O)c3ccccc3)cc2)CCC(=O)NCCNCc2ccc(CN(C)[C@@H](C)[C@H](O)c3ccccc3)cc2)cc1. The Morgan fingerprint density at radius 2 is 0.440 bits per heavy atom. The monoisotopic (exact) mass is 1590 g/mol. The van der Waals surface area contributed by atoms with Gasteiger partial charge in [0.05, 0.1) is 24.4 Å². The molecule has 116 heavy (non-hydrogen) atoms. The van der Waals surface area contributed by atoms with E-state index in [0.29, 0.717) is 144 Å².